The van der Waals surface area contributed by atoms with Crippen LogP contribution in [-0.2, 0) is 14.3 Å². The molecule has 0 bridgehead atoms. The summed E-state index contributed by atoms with van der Waals surface area (Å²) in [5.74, 6) is 0.174. The highest BCUT2D eigenvalue weighted by atomic mass is 16.5. The molecule has 106 valence electrons. The number of amides is 1. The Bertz CT molecular complexity index is 240. The molecule has 1 amide bonds. The number of hydrogen-bond acceptors (Lipinski definition) is 4. The van der Waals surface area contributed by atoms with Crippen molar-refractivity contribution in [3.63, 3.8) is 0 Å². The Morgan fingerprint density at radius 2 is 2.17 bits per heavy atom. The standard InChI is InChI=1S/C13H26N2O3/c1-13(5-7-14-11-13)12(16)15-6-3-4-8-18-10-9-17-2/h14H,3-11H2,1-2H3,(H,15,16). The van der Waals surface area contributed by atoms with E-state index >= 15 is 0 Å². The number of ether oxygens (including phenoxy) is 2. The van der Waals surface area contributed by atoms with Gasteiger partial charge in [0.2, 0.25) is 5.91 Å². The van der Waals surface area contributed by atoms with Gasteiger partial charge in [-0.15, -0.1) is 0 Å². The van der Waals surface area contributed by atoms with Gasteiger partial charge in [0.05, 0.1) is 18.6 Å². The molecule has 1 atom stereocenters. The lowest BCUT2D eigenvalue weighted by Gasteiger charge is -2.21. The van der Waals surface area contributed by atoms with Crippen molar-refractivity contribution in [3.05, 3.63) is 0 Å². The summed E-state index contributed by atoms with van der Waals surface area (Å²) in [5, 5.41) is 6.24. The van der Waals surface area contributed by atoms with E-state index in [1.165, 1.54) is 0 Å². The van der Waals surface area contributed by atoms with Gasteiger partial charge < -0.3 is 20.1 Å². The lowest BCUT2D eigenvalue weighted by atomic mass is 9.89. The van der Waals surface area contributed by atoms with Crippen LogP contribution in [0, 0.1) is 5.41 Å². The molecule has 18 heavy (non-hydrogen) atoms. The molecule has 1 aliphatic heterocycles. The van der Waals surface area contributed by atoms with Crippen LogP contribution in [0.15, 0.2) is 0 Å². The minimum Gasteiger partial charge on any atom is -0.382 e. The summed E-state index contributed by atoms with van der Waals surface area (Å²) in [6.45, 7) is 6.52. The maximum absolute atomic E-state index is 11.9. The van der Waals surface area contributed by atoms with E-state index in [1.54, 1.807) is 7.11 Å². The molecule has 1 aliphatic rings. The quantitative estimate of drug-likeness (QED) is 0.593. The normalized spacial score (nSPS) is 23.2. The number of nitrogens with one attached hydrogen (secondary N) is 2. The van der Waals surface area contributed by atoms with Gasteiger partial charge in [-0.1, -0.05) is 0 Å². The fourth-order valence-electron chi connectivity index (χ4n) is 2.00. The summed E-state index contributed by atoms with van der Waals surface area (Å²) >= 11 is 0. The van der Waals surface area contributed by atoms with E-state index in [0.717, 1.165) is 45.5 Å². The predicted molar refractivity (Wildman–Crippen MR) is 70.5 cm³/mol. The molecule has 0 aliphatic carbocycles. The van der Waals surface area contributed by atoms with E-state index in [0.29, 0.717) is 13.2 Å². The van der Waals surface area contributed by atoms with Crippen molar-refractivity contribution in [1.29, 1.82) is 0 Å². The van der Waals surface area contributed by atoms with Crippen LogP contribution in [0.4, 0.5) is 0 Å². The van der Waals surface area contributed by atoms with Gasteiger partial charge in [0.25, 0.3) is 0 Å². The van der Waals surface area contributed by atoms with Gasteiger partial charge >= 0.3 is 0 Å². The maximum Gasteiger partial charge on any atom is 0.227 e. The molecule has 0 aromatic rings. The number of carbonyl (C=O) groups excluding carboxylic acids is 1. The third kappa shape index (κ3) is 5.33. The molecular weight excluding hydrogens is 232 g/mol. The van der Waals surface area contributed by atoms with E-state index in [4.69, 9.17) is 9.47 Å². The van der Waals surface area contributed by atoms with Crippen molar-refractivity contribution < 1.29 is 14.3 Å². The van der Waals surface area contributed by atoms with Crippen LogP contribution < -0.4 is 10.6 Å². The summed E-state index contributed by atoms with van der Waals surface area (Å²) in [6, 6.07) is 0. The lowest BCUT2D eigenvalue weighted by molar-refractivity contribution is -0.129. The van der Waals surface area contributed by atoms with E-state index in [1.807, 2.05) is 6.92 Å². The average Bonchev–Trinajstić information content (AvgIpc) is 2.81. The third-order valence-corrected chi connectivity index (χ3v) is 3.35. The Morgan fingerprint density at radius 1 is 1.33 bits per heavy atom. The number of methoxy groups -OCH3 is 1. The second-order valence-corrected chi connectivity index (χ2v) is 5.06. The third-order valence-electron chi connectivity index (χ3n) is 3.35. The van der Waals surface area contributed by atoms with Gasteiger partial charge in [-0.25, -0.2) is 0 Å². The van der Waals surface area contributed by atoms with Crippen LogP contribution in [0.5, 0.6) is 0 Å². The van der Waals surface area contributed by atoms with E-state index in [-0.39, 0.29) is 11.3 Å². The van der Waals surface area contributed by atoms with Crippen LogP contribution in [-0.4, -0.2) is 52.5 Å². The number of carbonyl (C=O) groups is 1. The minimum absolute atomic E-state index is 0.174. The molecule has 2 N–H and O–H groups in total. The van der Waals surface area contributed by atoms with Gasteiger partial charge in [-0.05, 0) is 32.7 Å². The largest absolute Gasteiger partial charge is 0.382 e. The first-order valence-corrected chi connectivity index (χ1v) is 6.75. The van der Waals surface area contributed by atoms with Gasteiger partial charge in [0, 0.05) is 26.8 Å². The van der Waals surface area contributed by atoms with Crippen LogP contribution in [0.1, 0.15) is 26.2 Å². The second-order valence-electron chi connectivity index (χ2n) is 5.06. The second kappa shape index (κ2) is 8.45. The predicted octanol–water partition coefficient (Wildman–Crippen LogP) is 0.545. The summed E-state index contributed by atoms with van der Waals surface area (Å²) < 4.78 is 10.2. The first-order valence-electron chi connectivity index (χ1n) is 6.75. The monoisotopic (exact) mass is 258 g/mol. The van der Waals surface area contributed by atoms with Crippen LogP contribution in [0.25, 0.3) is 0 Å². The summed E-state index contributed by atoms with van der Waals surface area (Å²) in [4.78, 5) is 11.9. The molecule has 1 saturated heterocycles. The summed E-state index contributed by atoms with van der Waals surface area (Å²) in [6.07, 6.45) is 2.86. The van der Waals surface area contributed by atoms with Crippen molar-refractivity contribution in [2.24, 2.45) is 5.41 Å². The smallest absolute Gasteiger partial charge is 0.227 e. The summed E-state index contributed by atoms with van der Waals surface area (Å²) in [5.41, 5.74) is -0.213. The fraction of sp³-hybridized carbons (Fsp3) is 0.923. The highest BCUT2D eigenvalue weighted by Gasteiger charge is 2.35. The zero-order valence-corrected chi connectivity index (χ0v) is 11.6. The van der Waals surface area contributed by atoms with Crippen LogP contribution in [0.3, 0.4) is 0 Å². The average molecular weight is 258 g/mol. The molecule has 1 fully saturated rings. The Morgan fingerprint density at radius 3 is 2.83 bits per heavy atom. The number of hydrogen-bond donors (Lipinski definition) is 2. The molecule has 0 spiro atoms. The van der Waals surface area contributed by atoms with Crippen LogP contribution in [0.2, 0.25) is 0 Å². The number of unbranched alkanes of at least 4 members (excludes halogenated alkanes) is 1. The van der Waals surface area contributed by atoms with Gasteiger partial charge in [0.15, 0.2) is 0 Å². The molecule has 5 nitrogen and oxygen atoms in total. The molecule has 1 unspecified atom stereocenters. The Balaban J connectivity index is 1.96. The molecule has 1 heterocycles. The first-order chi connectivity index (χ1) is 8.69. The maximum atomic E-state index is 11.9. The van der Waals surface area contributed by atoms with Crippen molar-refractivity contribution in [1.82, 2.24) is 10.6 Å². The van der Waals surface area contributed by atoms with Gasteiger partial charge in [-0.2, -0.15) is 0 Å². The van der Waals surface area contributed by atoms with Crippen molar-refractivity contribution >= 4 is 5.91 Å². The van der Waals surface area contributed by atoms with Crippen molar-refractivity contribution in [3.8, 4) is 0 Å². The Labute approximate surface area is 110 Å². The molecule has 5 heteroatoms. The highest BCUT2D eigenvalue weighted by Crippen LogP contribution is 2.24. The zero-order valence-electron chi connectivity index (χ0n) is 11.6. The molecule has 0 aromatic heterocycles. The van der Waals surface area contributed by atoms with Gasteiger partial charge in [0.1, 0.15) is 0 Å². The van der Waals surface area contributed by atoms with Gasteiger partial charge in [-0.3, -0.25) is 4.79 Å². The van der Waals surface area contributed by atoms with Crippen LogP contribution >= 0.6 is 0 Å². The molecule has 0 saturated carbocycles. The minimum atomic E-state index is -0.213. The van der Waals surface area contributed by atoms with Crippen molar-refractivity contribution in [2.75, 3.05) is 46.6 Å². The topological polar surface area (TPSA) is 59.6 Å². The number of rotatable bonds is 9. The Hall–Kier alpha value is -0.650. The molecule has 1 rings (SSSR count). The zero-order chi connectivity index (χ0) is 13.3. The van der Waals surface area contributed by atoms with E-state index in [2.05, 4.69) is 10.6 Å². The lowest BCUT2D eigenvalue weighted by Crippen LogP contribution is -2.40. The fourth-order valence-corrected chi connectivity index (χ4v) is 2.00. The van der Waals surface area contributed by atoms with E-state index in [9.17, 15) is 4.79 Å². The molecule has 0 aromatic carbocycles. The molecule has 0 radical (unpaired) electrons. The Kier molecular flexibility index (Phi) is 7.23. The van der Waals surface area contributed by atoms with Crippen molar-refractivity contribution in [2.45, 2.75) is 26.2 Å². The highest BCUT2D eigenvalue weighted by molar-refractivity contribution is 5.82. The SMILES string of the molecule is COCCOCCCCNC(=O)C1(C)CCNC1. The first kappa shape index (κ1) is 15.4. The summed E-state index contributed by atoms with van der Waals surface area (Å²) in [7, 11) is 1.66. The molecular formula is C13H26N2O3. The van der Waals surface area contributed by atoms with E-state index < -0.39 is 0 Å².